The third-order valence-electron chi connectivity index (χ3n) is 2.85. The lowest BCUT2D eigenvalue weighted by atomic mass is 10.1. The van der Waals surface area contributed by atoms with Gasteiger partial charge in [-0.1, -0.05) is 28.1 Å². The lowest BCUT2D eigenvalue weighted by Gasteiger charge is -2.20. The van der Waals surface area contributed by atoms with Crippen molar-refractivity contribution >= 4 is 33.2 Å². The smallest absolute Gasteiger partial charge is 0.125 e. The molecule has 2 aromatic rings. The van der Waals surface area contributed by atoms with Gasteiger partial charge in [-0.25, -0.2) is 4.39 Å². The molecule has 0 saturated carbocycles. The number of alkyl halides is 1. The Labute approximate surface area is 126 Å². The minimum absolute atomic E-state index is 0.255. The Morgan fingerprint density at radius 2 is 1.95 bits per heavy atom. The molecular weight excluding hydrogens is 329 g/mol. The van der Waals surface area contributed by atoms with E-state index in [9.17, 15) is 4.39 Å². The minimum Gasteiger partial charge on any atom is -0.370 e. The summed E-state index contributed by atoms with van der Waals surface area (Å²) in [5.41, 5.74) is 2.78. The number of anilines is 1. The molecule has 0 atom stereocenters. The van der Waals surface area contributed by atoms with Gasteiger partial charge in [-0.05, 0) is 41.5 Å². The molecule has 1 nitrogen and oxygen atoms in total. The summed E-state index contributed by atoms with van der Waals surface area (Å²) in [5, 5.41) is 0. The maximum atomic E-state index is 13.5. The average Bonchev–Trinajstić information content (AvgIpc) is 2.38. The van der Waals surface area contributed by atoms with Crippen LogP contribution in [0.2, 0.25) is 0 Å². The number of nitrogens with zero attached hydrogens (tertiary/aromatic N) is 1. The fourth-order valence-electron chi connectivity index (χ4n) is 1.93. The molecule has 0 bridgehead atoms. The topological polar surface area (TPSA) is 3.24 Å². The zero-order chi connectivity index (χ0) is 13.8. The third kappa shape index (κ3) is 3.95. The van der Waals surface area contributed by atoms with Gasteiger partial charge < -0.3 is 4.90 Å². The van der Waals surface area contributed by atoms with Crippen molar-refractivity contribution in [2.24, 2.45) is 0 Å². The van der Waals surface area contributed by atoms with Crippen LogP contribution < -0.4 is 4.90 Å². The molecule has 0 amide bonds. The summed E-state index contributed by atoms with van der Waals surface area (Å²) < 4.78 is 14.5. The summed E-state index contributed by atoms with van der Waals surface area (Å²) >= 11 is 9.21. The van der Waals surface area contributed by atoms with Gasteiger partial charge in [0.25, 0.3) is 0 Å². The first-order valence-electron chi connectivity index (χ1n) is 5.89. The standard InChI is InChI=1S/C15H14BrClFN/c1-19(10-11-3-2-4-13(16)5-11)15-7-12(9-17)6-14(18)8-15/h2-8H,9-10H2,1H3. The molecule has 0 saturated heterocycles. The van der Waals surface area contributed by atoms with Crippen molar-refractivity contribution in [2.75, 3.05) is 11.9 Å². The van der Waals surface area contributed by atoms with Gasteiger partial charge in [0.2, 0.25) is 0 Å². The highest BCUT2D eigenvalue weighted by atomic mass is 79.9. The van der Waals surface area contributed by atoms with E-state index in [-0.39, 0.29) is 5.82 Å². The Kier molecular flexibility index (Phi) is 4.83. The predicted octanol–water partition coefficient (Wildman–Crippen LogP) is 4.96. The first-order chi connectivity index (χ1) is 9.08. The van der Waals surface area contributed by atoms with Crippen LogP contribution in [0, 0.1) is 5.82 Å². The highest BCUT2D eigenvalue weighted by molar-refractivity contribution is 9.10. The van der Waals surface area contributed by atoms with E-state index in [1.165, 1.54) is 12.1 Å². The fraction of sp³-hybridized carbons (Fsp3) is 0.200. The first-order valence-corrected chi connectivity index (χ1v) is 7.22. The van der Waals surface area contributed by atoms with Crippen molar-refractivity contribution in [3.05, 3.63) is 63.9 Å². The normalized spacial score (nSPS) is 10.5. The molecule has 4 heteroatoms. The average molecular weight is 343 g/mol. The van der Waals surface area contributed by atoms with Gasteiger partial charge >= 0.3 is 0 Å². The molecule has 19 heavy (non-hydrogen) atoms. The van der Waals surface area contributed by atoms with Crippen LogP contribution in [-0.2, 0) is 12.4 Å². The molecule has 0 spiro atoms. The van der Waals surface area contributed by atoms with Crippen LogP contribution in [0.15, 0.2) is 46.9 Å². The summed E-state index contributed by atoms with van der Waals surface area (Å²) in [6.45, 7) is 0.713. The lowest BCUT2D eigenvalue weighted by molar-refractivity contribution is 0.625. The summed E-state index contributed by atoms with van der Waals surface area (Å²) in [6, 6.07) is 13.0. The zero-order valence-electron chi connectivity index (χ0n) is 10.5. The molecule has 0 aromatic heterocycles. The molecule has 2 aromatic carbocycles. The van der Waals surface area contributed by atoms with Gasteiger partial charge in [0.05, 0.1) is 0 Å². The Balaban J connectivity index is 2.20. The van der Waals surface area contributed by atoms with Gasteiger partial charge in [-0.3, -0.25) is 0 Å². The molecule has 0 aliphatic heterocycles. The molecule has 0 radical (unpaired) electrons. The summed E-state index contributed by atoms with van der Waals surface area (Å²) in [5.74, 6) is 0.0596. The Hall–Kier alpha value is -1.06. The van der Waals surface area contributed by atoms with Gasteiger partial charge in [-0.2, -0.15) is 0 Å². The largest absolute Gasteiger partial charge is 0.370 e. The highest BCUT2D eigenvalue weighted by Gasteiger charge is 2.06. The minimum atomic E-state index is -0.255. The number of rotatable bonds is 4. The summed E-state index contributed by atoms with van der Waals surface area (Å²) in [7, 11) is 1.94. The Bertz CT molecular complexity index is 574. The molecule has 0 N–H and O–H groups in total. The monoisotopic (exact) mass is 341 g/mol. The van der Waals surface area contributed by atoms with Crippen molar-refractivity contribution in [1.29, 1.82) is 0 Å². The van der Waals surface area contributed by atoms with Crippen LogP contribution >= 0.6 is 27.5 Å². The molecule has 0 fully saturated rings. The van der Waals surface area contributed by atoms with E-state index in [1.807, 2.05) is 36.2 Å². The molecule has 0 heterocycles. The number of benzene rings is 2. The van der Waals surface area contributed by atoms with Gasteiger partial charge in [-0.15, -0.1) is 11.6 Å². The van der Waals surface area contributed by atoms with Crippen molar-refractivity contribution in [3.8, 4) is 0 Å². The number of halogens is 3. The molecule has 100 valence electrons. The van der Waals surface area contributed by atoms with E-state index >= 15 is 0 Å². The highest BCUT2D eigenvalue weighted by Crippen LogP contribution is 2.21. The van der Waals surface area contributed by atoms with Crippen molar-refractivity contribution in [3.63, 3.8) is 0 Å². The maximum Gasteiger partial charge on any atom is 0.125 e. The number of hydrogen-bond donors (Lipinski definition) is 0. The third-order valence-corrected chi connectivity index (χ3v) is 3.65. The van der Waals surface area contributed by atoms with Gasteiger partial charge in [0.1, 0.15) is 5.82 Å². The van der Waals surface area contributed by atoms with Gasteiger partial charge in [0.15, 0.2) is 0 Å². The van der Waals surface area contributed by atoms with Gasteiger partial charge in [0, 0.05) is 29.6 Å². The van der Waals surface area contributed by atoms with Crippen molar-refractivity contribution in [2.45, 2.75) is 12.4 Å². The van der Waals surface area contributed by atoms with Crippen LogP contribution in [0.25, 0.3) is 0 Å². The summed E-state index contributed by atoms with van der Waals surface area (Å²) in [6.07, 6.45) is 0. The summed E-state index contributed by atoms with van der Waals surface area (Å²) in [4.78, 5) is 2.00. The van der Waals surface area contributed by atoms with Crippen LogP contribution in [-0.4, -0.2) is 7.05 Å². The quantitative estimate of drug-likeness (QED) is 0.710. The second kappa shape index (κ2) is 6.40. The molecular formula is C15H14BrClFN. The van der Waals surface area contributed by atoms with E-state index in [2.05, 4.69) is 22.0 Å². The van der Waals surface area contributed by atoms with Crippen molar-refractivity contribution in [1.82, 2.24) is 0 Å². The van der Waals surface area contributed by atoms with E-state index in [1.54, 1.807) is 0 Å². The van der Waals surface area contributed by atoms with Crippen LogP contribution in [0.4, 0.5) is 10.1 Å². The van der Waals surface area contributed by atoms with Crippen LogP contribution in [0.3, 0.4) is 0 Å². The van der Waals surface area contributed by atoms with E-state index < -0.39 is 0 Å². The maximum absolute atomic E-state index is 13.5. The Morgan fingerprint density at radius 3 is 2.63 bits per heavy atom. The van der Waals surface area contributed by atoms with Crippen LogP contribution in [0.1, 0.15) is 11.1 Å². The first kappa shape index (κ1) is 14.4. The zero-order valence-corrected chi connectivity index (χ0v) is 12.9. The predicted molar refractivity (Wildman–Crippen MR) is 82.2 cm³/mol. The molecule has 2 rings (SSSR count). The Morgan fingerprint density at radius 1 is 1.16 bits per heavy atom. The number of hydrogen-bond acceptors (Lipinski definition) is 1. The molecule has 0 aliphatic rings. The van der Waals surface area contributed by atoms with E-state index in [0.29, 0.717) is 12.4 Å². The molecule has 0 aliphatic carbocycles. The molecule has 0 unspecified atom stereocenters. The van der Waals surface area contributed by atoms with Crippen molar-refractivity contribution < 1.29 is 4.39 Å². The second-order valence-electron chi connectivity index (χ2n) is 4.44. The fourth-order valence-corrected chi connectivity index (χ4v) is 2.53. The van der Waals surface area contributed by atoms with E-state index in [0.717, 1.165) is 21.3 Å². The van der Waals surface area contributed by atoms with Crippen LogP contribution in [0.5, 0.6) is 0 Å². The SMILES string of the molecule is CN(Cc1cccc(Br)c1)c1cc(F)cc(CCl)c1. The second-order valence-corrected chi connectivity index (χ2v) is 5.62. The lowest BCUT2D eigenvalue weighted by Crippen LogP contribution is -2.16. The van der Waals surface area contributed by atoms with E-state index in [4.69, 9.17) is 11.6 Å².